The molecule has 6 heteroatoms. The topological polar surface area (TPSA) is 91.4 Å². The van der Waals surface area contributed by atoms with Crippen LogP contribution in [0.2, 0.25) is 0 Å². The smallest absolute Gasteiger partial charge is 0.0609 e. The Morgan fingerprint density at radius 2 is 1.42 bits per heavy atom. The van der Waals surface area contributed by atoms with Gasteiger partial charge in [0.15, 0.2) is 0 Å². The van der Waals surface area contributed by atoms with E-state index < -0.39 is 0 Å². The molecule has 0 rings (SSSR count). The Labute approximate surface area is 118 Å². The molecular weight excluding hydrogens is 240 g/mol. The van der Waals surface area contributed by atoms with E-state index in [4.69, 9.17) is 11.5 Å². The SMILES string of the molecule is CCN(CC)C(CCN)NCCNCCNCCN. The second kappa shape index (κ2) is 14.2. The molecule has 1 atom stereocenters. The fourth-order valence-corrected chi connectivity index (χ4v) is 2.09. The van der Waals surface area contributed by atoms with E-state index in [9.17, 15) is 0 Å². The fourth-order valence-electron chi connectivity index (χ4n) is 2.09. The number of hydrogen-bond acceptors (Lipinski definition) is 6. The van der Waals surface area contributed by atoms with Crippen LogP contribution in [0.4, 0.5) is 0 Å². The lowest BCUT2D eigenvalue weighted by Gasteiger charge is -2.30. The van der Waals surface area contributed by atoms with E-state index in [0.29, 0.717) is 12.7 Å². The van der Waals surface area contributed by atoms with Crippen molar-refractivity contribution in [3.63, 3.8) is 0 Å². The number of nitrogens with two attached hydrogens (primary N) is 2. The van der Waals surface area contributed by atoms with Gasteiger partial charge in [-0.25, -0.2) is 0 Å². The third-order valence-corrected chi connectivity index (χ3v) is 3.17. The third kappa shape index (κ3) is 10.2. The van der Waals surface area contributed by atoms with Gasteiger partial charge < -0.3 is 27.4 Å². The summed E-state index contributed by atoms with van der Waals surface area (Å²) >= 11 is 0. The second-order valence-corrected chi connectivity index (χ2v) is 4.56. The van der Waals surface area contributed by atoms with Crippen LogP contribution in [0.15, 0.2) is 0 Å². The monoisotopic (exact) mass is 274 g/mol. The molecule has 0 amide bonds. The van der Waals surface area contributed by atoms with Crippen LogP contribution >= 0.6 is 0 Å². The molecule has 116 valence electrons. The van der Waals surface area contributed by atoms with Gasteiger partial charge in [-0.3, -0.25) is 4.90 Å². The molecule has 6 nitrogen and oxygen atoms in total. The molecule has 0 bridgehead atoms. The van der Waals surface area contributed by atoms with Gasteiger partial charge in [-0.05, 0) is 26.1 Å². The molecule has 0 aliphatic heterocycles. The molecule has 0 aromatic heterocycles. The molecule has 0 aromatic carbocycles. The highest BCUT2D eigenvalue weighted by molar-refractivity contribution is 4.69. The molecule has 19 heavy (non-hydrogen) atoms. The average Bonchev–Trinajstić information content (AvgIpc) is 2.43. The number of nitrogens with zero attached hydrogens (tertiary/aromatic N) is 1. The van der Waals surface area contributed by atoms with Gasteiger partial charge in [0, 0.05) is 39.3 Å². The molecule has 0 saturated heterocycles. The zero-order valence-corrected chi connectivity index (χ0v) is 12.8. The summed E-state index contributed by atoms with van der Waals surface area (Å²) in [6.45, 7) is 12.7. The molecular formula is C13H34N6. The van der Waals surface area contributed by atoms with Crippen molar-refractivity contribution in [2.45, 2.75) is 26.4 Å². The first-order valence-corrected chi connectivity index (χ1v) is 7.59. The highest BCUT2D eigenvalue weighted by Crippen LogP contribution is 1.99. The number of rotatable bonds is 14. The molecule has 0 heterocycles. The van der Waals surface area contributed by atoms with Gasteiger partial charge in [-0.2, -0.15) is 0 Å². The van der Waals surface area contributed by atoms with Gasteiger partial charge in [0.05, 0.1) is 6.17 Å². The van der Waals surface area contributed by atoms with E-state index in [1.54, 1.807) is 0 Å². The van der Waals surface area contributed by atoms with Gasteiger partial charge in [0.2, 0.25) is 0 Å². The number of hydrogen-bond donors (Lipinski definition) is 5. The molecule has 1 unspecified atom stereocenters. The lowest BCUT2D eigenvalue weighted by atomic mass is 10.3. The molecule has 0 aliphatic carbocycles. The van der Waals surface area contributed by atoms with Gasteiger partial charge in [-0.1, -0.05) is 13.8 Å². The molecule has 0 spiro atoms. The van der Waals surface area contributed by atoms with E-state index in [1.165, 1.54) is 0 Å². The van der Waals surface area contributed by atoms with Crippen LogP contribution < -0.4 is 27.4 Å². The predicted molar refractivity (Wildman–Crippen MR) is 83.2 cm³/mol. The van der Waals surface area contributed by atoms with Crippen molar-refractivity contribution in [2.24, 2.45) is 11.5 Å². The van der Waals surface area contributed by atoms with Crippen LogP contribution in [-0.2, 0) is 0 Å². The first-order valence-electron chi connectivity index (χ1n) is 7.59. The molecule has 0 saturated carbocycles. The van der Waals surface area contributed by atoms with E-state index in [2.05, 4.69) is 34.7 Å². The summed E-state index contributed by atoms with van der Waals surface area (Å²) in [4.78, 5) is 2.41. The summed E-state index contributed by atoms with van der Waals surface area (Å²) in [6.07, 6.45) is 1.40. The van der Waals surface area contributed by atoms with Crippen LogP contribution in [0.25, 0.3) is 0 Å². The summed E-state index contributed by atoms with van der Waals surface area (Å²) in [5, 5.41) is 10.2. The summed E-state index contributed by atoms with van der Waals surface area (Å²) < 4.78 is 0. The normalized spacial score (nSPS) is 13.1. The first-order chi connectivity index (χ1) is 9.29. The molecule has 0 radical (unpaired) electrons. The first kappa shape index (κ1) is 18.8. The highest BCUT2D eigenvalue weighted by Gasteiger charge is 2.13. The molecule has 0 aromatic rings. The Morgan fingerprint density at radius 1 is 0.842 bits per heavy atom. The van der Waals surface area contributed by atoms with Crippen LogP contribution in [0.3, 0.4) is 0 Å². The van der Waals surface area contributed by atoms with Crippen LogP contribution in [0.5, 0.6) is 0 Å². The Bertz CT molecular complexity index is 175. The highest BCUT2D eigenvalue weighted by atomic mass is 15.3. The average molecular weight is 274 g/mol. The Hall–Kier alpha value is -0.240. The molecule has 0 aliphatic rings. The van der Waals surface area contributed by atoms with E-state index in [0.717, 1.165) is 58.8 Å². The lowest BCUT2D eigenvalue weighted by molar-refractivity contribution is 0.174. The largest absolute Gasteiger partial charge is 0.330 e. The third-order valence-electron chi connectivity index (χ3n) is 3.17. The van der Waals surface area contributed by atoms with Crippen LogP contribution in [0.1, 0.15) is 20.3 Å². The van der Waals surface area contributed by atoms with Gasteiger partial charge in [-0.15, -0.1) is 0 Å². The Kier molecular flexibility index (Phi) is 14.0. The summed E-state index contributed by atoms with van der Waals surface area (Å²) in [7, 11) is 0. The summed E-state index contributed by atoms with van der Waals surface area (Å²) in [5.74, 6) is 0. The van der Waals surface area contributed by atoms with E-state index in [1.807, 2.05) is 0 Å². The maximum atomic E-state index is 5.67. The number of nitrogens with one attached hydrogen (secondary N) is 3. The second-order valence-electron chi connectivity index (χ2n) is 4.56. The maximum Gasteiger partial charge on any atom is 0.0609 e. The quantitative estimate of drug-likeness (QED) is 0.200. The summed E-state index contributed by atoms with van der Waals surface area (Å²) in [6, 6.07) is 0. The van der Waals surface area contributed by atoms with Crippen molar-refractivity contribution in [3.8, 4) is 0 Å². The van der Waals surface area contributed by atoms with Crippen molar-refractivity contribution in [1.29, 1.82) is 0 Å². The zero-order chi connectivity index (χ0) is 14.3. The van der Waals surface area contributed by atoms with Crippen molar-refractivity contribution >= 4 is 0 Å². The van der Waals surface area contributed by atoms with Crippen LogP contribution in [-0.4, -0.2) is 70.0 Å². The minimum absolute atomic E-state index is 0.400. The summed E-state index contributed by atoms with van der Waals surface area (Å²) in [5.41, 5.74) is 11.1. The zero-order valence-electron chi connectivity index (χ0n) is 12.8. The predicted octanol–water partition coefficient (Wildman–Crippen LogP) is -1.27. The van der Waals surface area contributed by atoms with Gasteiger partial charge >= 0.3 is 0 Å². The Morgan fingerprint density at radius 3 is 1.95 bits per heavy atom. The lowest BCUT2D eigenvalue weighted by Crippen LogP contribution is -2.48. The van der Waals surface area contributed by atoms with Crippen LogP contribution in [0, 0.1) is 0 Å². The van der Waals surface area contributed by atoms with E-state index in [-0.39, 0.29) is 0 Å². The Balaban J connectivity index is 3.58. The minimum atomic E-state index is 0.400. The van der Waals surface area contributed by atoms with Crippen molar-refractivity contribution in [3.05, 3.63) is 0 Å². The maximum absolute atomic E-state index is 5.67. The van der Waals surface area contributed by atoms with Crippen molar-refractivity contribution in [2.75, 3.05) is 58.9 Å². The van der Waals surface area contributed by atoms with Crippen molar-refractivity contribution in [1.82, 2.24) is 20.9 Å². The molecule has 0 fully saturated rings. The standard InChI is InChI=1S/C13H34N6/c1-3-19(4-2)13(5-6-14)18-12-11-17-10-9-16-8-7-15/h13,16-18H,3-12,14-15H2,1-2H3. The van der Waals surface area contributed by atoms with Gasteiger partial charge in [0.25, 0.3) is 0 Å². The molecule has 7 N–H and O–H groups in total. The minimum Gasteiger partial charge on any atom is -0.330 e. The van der Waals surface area contributed by atoms with E-state index >= 15 is 0 Å². The van der Waals surface area contributed by atoms with Crippen molar-refractivity contribution < 1.29 is 0 Å². The van der Waals surface area contributed by atoms with Gasteiger partial charge in [0.1, 0.15) is 0 Å². The fraction of sp³-hybridized carbons (Fsp3) is 1.00.